The van der Waals surface area contributed by atoms with E-state index in [-0.39, 0.29) is 11.9 Å². The molecule has 0 amide bonds. The van der Waals surface area contributed by atoms with Crippen molar-refractivity contribution >= 4 is 11.8 Å². The van der Waals surface area contributed by atoms with E-state index in [1.54, 1.807) is 24.9 Å². The Morgan fingerprint density at radius 1 is 1.20 bits per heavy atom. The highest BCUT2D eigenvalue weighted by Gasteiger charge is 2.11. The molecule has 0 aliphatic carbocycles. The topological polar surface area (TPSA) is 21.3 Å². The van der Waals surface area contributed by atoms with E-state index in [1.165, 1.54) is 6.07 Å². The minimum Gasteiger partial charge on any atom is -0.497 e. The van der Waals surface area contributed by atoms with Gasteiger partial charge in [0, 0.05) is 15.8 Å². The van der Waals surface area contributed by atoms with Crippen LogP contribution in [0.4, 0.5) is 4.39 Å². The minimum atomic E-state index is -0.211. The predicted molar refractivity (Wildman–Crippen MR) is 81.0 cm³/mol. The van der Waals surface area contributed by atoms with Crippen molar-refractivity contribution in [2.75, 3.05) is 14.2 Å². The van der Waals surface area contributed by atoms with Gasteiger partial charge in [-0.3, -0.25) is 0 Å². The summed E-state index contributed by atoms with van der Waals surface area (Å²) in [7, 11) is 3.52. The van der Waals surface area contributed by atoms with Crippen molar-refractivity contribution in [2.24, 2.45) is 0 Å². The molecule has 0 aromatic heterocycles. The monoisotopic (exact) mass is 291 g/mol. The van der Waals surface area contributed by atoms with Gasteiger partial charge in [-0.15, -0.1) is 0 Å². The molecule has 106 valence electrons. The largest absolute Gasteiger partial charge is 0.497 e. The smallest absolute Gasteiger partial charge is 0.123 e. The van der Waals surface area contributed by atoms with Crippen molar-refractivity contribution in [3.63, 3.8) is 0 Å². The zero-order chi connectivity index (χ0) is 14.5. The highest BCUT2D eigenvalue weighted by atomic mass is 32.2. The summed E-state index contributed by atoms with van der Waals surface area (Å²) in [6.07, 6.45) is 0. The van der Waals surface area contributed by atoms with E-state index < -0.39 is 0 Å². The molecule has 0 bridgehead atoms. The molecule has 2 aromatic carbocycles. The first-order chi connectivity index (χ1) is 9.63. The maximum Gasteiger partial charge on any atom is 0.123 e. The van der Waals surface area contributed by atoms with E-state index in [1.807, 2.05) is 44.3 Å². The molecular formula is C16H18FNOS. The molecule has 0 aliphatic heterocycles. The molecule has 0 radical (unpaired) electrons. The Morgan fingerprint density at radius 3 is 2.70 bits per heavy atom. The van der Waals surface area contributed by atoms with E-state index >= 15 is 0 Å². The zero-order valence-corrected chi connectivity index (χ0v) is 12.6. The van der Waals surface area contributed by atoms with Crippen molar-refractivity contribution in [1.29, 1.82) is 0 Å². The molecule has 1 atom stereocenters. The van der Waals surface area contributed by atoms with Gasteiger partial charge in [-0.05, 0) is 55.9 Å². The number of ether oxygens (including phenoxy) is 1. The first-order valence-corrected chi connectivity index (χ1v) is 7.24. The van der Waals surface area contributed by atoms with Gasteiger partial charge >= 0.3 is 0 Å². The molecule has 0 spiro atoms. The van der Waals surface area contributed by atoms with Crippen LogP contribution >= 0.6 is 11.8 Å². The summed E-state index contributed by atoms with van der Waals surface area (Å²) < 4.78 is 18.7. The molecule has 0 saturated carbocycles. The maximum atomic E-state index is 13.4. The van der Waals surface area contributed by atoms with Gasteiger partial charge in [0.2, 0.25) is 0 Å². The number of hydrogen-bond donors (Lipinski definition) is 1. The average molecular weight is 291 g/mol. The summed E-state index contributed by atoms with van der Waals surface area (Å²) in [5.41, 5.74) is 0.959. The third-order valence-corrected chi connectivity index (χ3v) is 4.22. The van der Waals surface area contributed by atoms with Crippen molar-refractivity contribution in [1.82, 2.24) is 5.32 Å². The predicted octanol–water partition coefficient (Wildman–Crippen LogP) is 4.27. The Balaban J connectivity index is 2.32. The van der Waals surface area contributed by atoms with Crippen LogP contribution in [0.15, 0.2) is 52.3 Å². The Bertz CT molecular complexity index is 588. The van der Waals surface area contributed by atoms with Crippen molar-refractivity contribution in [3.05, 3.63) is 53.8 Å². The zero-order valence-electron chi connectivity index (χ0n) is 11.8. The van der Waals surface area contributed by atoms with E-state index in [0.717, 1.165) is 21.1 Å². The molecule has 20 heavy (non-hydrogen) atoms. The van der Waals surface area contributed by atoms with E-state index in [0.29, 0.717) is 0 Å². The first kappa shape index (κ1) is 14.9. The normalized spacial score (nSPS) is 12.2. The molecule has 0 fully saturated rings. The fourth-order valence-corrected chi connectivity index (χ4v) is 2.96. The lowest BCUT2D eigenvalue weighted by atomic mass is 10.1. The summed E-state index contributed by atoms with van der Waals surface area (Å²) in [6, 6.07) is 12.9. The summed E-state index contributed by atoms with van der Waals surface area (Å²) in [6.45, 7) is 2.02. The third-order valence-electron chi connectivity index (χ3n) is 3.14. The lowest BCUT2D eigenvalue weighted by Crippen LogP contribution is -2.13. The highest BCUT2D eigenvalue weighted by Crippen LogP contribution is 2.35. The van der Waals surface area contributed by atoms with Gasteiger partial charge in [-0.1, -0.05) is 17.8 Å². The Labute approximate surface area is 123 Å². The fraction of sp³-hybridized carbons (Fsp3) is 0.250. The van der Waals surface area contributed by atoms with Crippen molar-refractivity contribution in [3.8, 4) is 5.75 Å². The van der Waals surface area contributed by atoms with Gasteiger partial charge in [0.05, 0.1) is 7.11 Å². The summed E-state index contributed by atoms with van der Waals surface area (Å²) >= 11 is 1.61. The molecule has 4 heteroatoms. The molecule has 0 heterocycles. The van der Waals surface area contributed by atoms with Gasteiger partial charge in [-0.25, -0.2) is 4.39 Å². The number of methoxy groups -OCH3 is 1. The quantitative estimate of drug-likeness (QED) is 0.889. The molecule has 2 nitrogen and oxygen atoms in total. The van der Waals surface area contributed by atoms with Gasteiger partial charge < -0.3 is 10.1 Å². The SMILES string of the molecule is CNC(C)c1cc(F)ccc1Sc1cccc(OC)c1. The van der Waals surface area contributed by atoms with E-state index in [2.05, 4.69) is 5.32 Å². The molecule has 2 rings (SSSR count). The summed E-state index contributed by atoms with van der Waals surface area (Å²) in [5.74, 6) is 0.609. The Hall–Kier alpha value is -1.52. The van der Waals surface area contributed by atoms with Crippen LogP contribution in [-0.2, 0) is 0 Å². The second kappa shape index (κ2) is 6.77. The van der Waals surface area contributed by atoms with Crippen LogP contribution in [-0.4, -0.2) is 14.2 Å². The van der Waals surface area contributed by atoms with E-state index in [4.69, 9.17) is 4.74 Å². The first-order valence-electron chi connectivity index (χ1n) is 6.42. The van der Waals surface area contributed by atoms with Crippen LogP contribution in [0.5, 0.6) is 5.75 Å². The number of hydrogen-bond acceptors (Lipinski definition) is 3. The number of benzene rings is 2. The Kier molecular flexibility index (Phi) is 5.04. The van der Waals surface area contributed by atoms with Crippen LogP contribution < -0.4 is 10.1 Å². The molecule has 0 saturated heterocycles. The third kappa shape index (κ3) is 3.52. The second-order valence-electron chi connectivity index (χ2n) is 4.47. The van der Waals surface area contributed by atoms with Gasteiger partial charge in [-0.2, -0.15) is 0 Å². The minimum absolute atomic E-state index is 0.0961. The highest BCUT2D eigenvalue weighted by molar-refractivity contribution is 7.99. The maximum absolute atomic E-state index is 13.4. The van der Waals surface area contributed by atoms with E-state index in [9.17, 15) is 4.39 Å². The van der Waals surface area contributed by atoms with Crippen LogP contribution in [0.1, 0.15) is 18.5 Å². The van der Waals surface area contributed by atoms with Crippen molar-refractivity contribution in [2.45, 2.75) is 22.8 Å². The standard InChI is InChI=1S/C16H18FNOS/c1-11(18-2)15-9-12(17)7-8-16(15)20-14-6-4-5-13(10-14)19-3/h4-11,18H,1-3H3. The molecular weight excluding hydrogens is 273 g/mol. The van der Waals surface area contributed by atoms with Crippen LogP contribution in [0.25, 0.3) is 0 Å². The number of rotatable bonds is 5. The number of nitrogens with one attached hydrogen (secondary N) is 1. The van der Waals surface area contributed by atoms with Crippen LogP contribution in [0.3, 0.4) is 0 Å². The van der Waals surface area contributed by atoms with Gasteiger partial charge in [0.15, 0.2) is 0 Å². The van der Waals surface area contributed by atoms with Crippen LogP contribution in [0.2, 0.25) is 0 Å². The Morgan fingerprint density at radius 2 is 2.00 bits per heavy atom. The van der Waals surface area contributed by atoms with Crippen LogP contribution in [0, 0.1) is 5.82 Å². The molecule has 1 unspecified atom stereocenters. The lowest BCUT2D eigenvalue weighted by Gasteiger charge is -2.16. The molecule has 2 aromatic rings. The second-order valence-corrected chi connectivity index (χ2v) is 5.59. The lowest BCUT2D eigenvalue weighted by molar-refractivity contribution is 0.413. The molecule has 1 N–H and O–H groups in total. The summed E-state index contributed by atoms with van der Waals surface area (Å²) in [4.78, 5) is 2.11. The fourth-order valence-electron chi connectivity index (χ4n) is 1.90. The average Bonchev–Trinajstić information content (AvgIpc) is 2.48. The number of halogens is 1. The summed E-state index contributed by atoms with van der Waals surface area (Å²) in [5, 5.41) is 3.15. The van der Waals surface area contributed by atoms with Crippen molar-refractivity contribution < 1.29 is 9.13 Å². The van der Waals surface area contributed by atoms with Gasteiger partial charge in [0.25, 0.3) is 0 Å². The molecule has 0 aliphatic rings. The van der Waals surface area contributed by atoms with Gasteiger partial charge in [0.1, 0.15) is 11.6 Å².